The maximum absolute atomic E-state index is 13.4. The molecule has 2 aromatic carbocycles. The zero-order valence-corrected chi connectivity index (χ0v) is 18.8. The number of carbonyl (C=O) groups excluding carboxylic acids is 1. The Balaban J connectivity index is 1.52. The number of methoxy groups -OCH3 is 1. The number of nitrogens with zero attached hydrogens (tertiary/aromatic N) is 4. The first kappa shape index (κ1) is 19.9. The Morgan fingerprint density at radius 3 is 2.81 bits per heavy atom. The number of rotatable bonds is 4. The third-order valence-corrected chi connectivity index (χ3v) is 6.98. The average molecular weight is 433 g/mol. The van der Waals surface area contributed by atoms with E-state index in [0.717, 1.165) is 40.0 Å². The molecule has 7 heteroatoms. The molecule has 0 N–H and O–H groups in total. The van der Waals surface area contributed by atoms with Crippen LogP contribution in [0, 0.1) is 6.92 Å². The molecule has 5 rings (SSSR count). The maximum atomic E-state index is 13.4. The Morgan fingerprint density at radius 1 is 1.19 bits per heavy atom. The topological polar surface area (TPSA) is 59.7 Å². The van der Waals surface area contributed by atoms with Gasteiger partial charge in [-0.2, -0.15) is 0 Å². The summed E-state index contributed by atoms with van der Waals surface area (Å²) in [4.78, 5) is 15.4. The van der Waals surface area contributed by atoms with E-state index in [1.165, 1.54) is 17.3 Å². The minimum atomic E-state index is -0.303. The molecule has 4 aromatic rings. The predicted octanol–water partition coefficient (Wildman–Crippen LogP) is 4.66. The molecule has 3 heterocycles. The van der Waals surface area contributed by atoms with E-state index in [1.807, 2.05) is 52.6 Å². The fourth-order valence-corrected chi connectivity index (χ4v) is 5.33. The molecule has 0 radical (unpaired) electrons. The van der Waals surface area contributed by atoms with Gasteiger partial charge < -0.3 is 9.64 Å². The van der Waals surface area contributed by atoms with Gasteiger partial charge in [0.05, 0.1) is 17.9 Å². The number of anilines is 1. The summed E-state index contributed by atoms with van der Waals surface area (Å²) in [6.45, 7) is 6.11. The van der Waals surface area contributed by atoms with Gasteiger partial charge in [-0.3, -0.25) is 9.20 Å². The summed E-state index contributed by atoms with van der Waals surface area (Å²) in [5.74, 6) is 0.865. The van der Waals surface area contributed by atoms with E-state index < -0.39 is 0 Å². The number of aromatic nitrogens is 3. The van der Waals surface area contributed by atoms with Crippen LogP contribution < -0.4 is 9.64 Å². The first-order chi connectivity index (χ1) is 15.0. The zero-order valence-electron chi connectivity index (χ0n) is 18.0. The van der Waals surface area contributed by atoms with Crippen molar-refractivity contribution in [1.82, 2.24) is 14.6 Å². The SMILES string of the molecule is COc1ccc2c(C)cc3nnc(S[C@H](C)C(=O)N4c5ccccc5C[C@H]4C)n3c2c1. The van der Waals surface area contributed by atoms with Gasteiger partial charge in [0.25, 0.3) is 0 Å². The lowest BCUT2D eigenvalue weighted by Crippen LogP contribution is -2.40. The minimum absolute atomic E-state index is 0.0909. The van der Waals surface area contributed by atoms with E-state index in [2.05, 4.69) is 36.2 Å². The van der Waals surface area contributed by atoms with Gasteiger partial charge in [0.15, 0.2) is 10.8 Å². The second kappa shape index (κ2) is 7.57. The number of fused-ring (bicyclic) bond motifs is 4. The van der Waals surface area contributed by atoms with Gasteiger partial charge in [-0.05, 0) is 62.6 Å². The predicted molar refractivity (Wildman–Crippen MR) is 124 cm³/mol. The van der Waals surface area contributed by atoms with Gasteiger partial charge in [-0.25, -0.2) is 0 Å². The van der Waals surface area contributed by atoms with Crippen molar-refractivity contribution in [3.05, 3.63) is 59.7 Å². The molecule has 0 saturated carbocycles. The molecular weight excluding hydrogens is 408 g/mol. The second-order valence-corrected chi connectivity index (χ2v) is 9.34. The summed E-state index contributed by atoms with van der Waals surface area (Å²) in [5, 5.41) is 10.3. The Morgan fingerprint density at radius 2 is 2.00 bits per heavy atom. The lowest BCUT2D eigenvalue weighted by molar-refractivity contribution is -0.118. The van der Waals surface area contributed by atoms with Gasteiger partial charge in [0.1, 0.15) is 5.75 Å². The van der Waals surface area contributed by atoms with E-state index in [1.54, 1.807) is 7.11 Å². The largest absolute Gasteiger partial charge is 0.497 e. The molecule has 1 aliphatic heterocycles. The van der Waals surface area contributed by atoms with Crippen molar-refractivity contribution in [3.63, 3.8) is 0 Å². The van der Waals surface area contributed by atoms with Gasteiger partial charge in [0.2, 0.25) is 5.91 Å². The summed E-state index contributed by atoms with van der Waals surface area (Å²) in [7, 11) is 1.66. The number of hydrogen-bond acceptors (Lipinski definition) is 5. The first-order valence-electron chi connectivity index (χ1n) is 10.4. The van der Waals surface area contributed by atoms with E-state index in [0.29, 0.717) is 5.16 Å². The lowest BCUT2D eigenvalue weighted by atomic mass is 10.1. The van der Waals surface area contributed by atoms with E-state index in [-0.39, 0.29) is 17.2 Å². The number of aryl methyl sites for hydroxylation is 1. The van der Waals surface area contributed by atoms with Crippen LogP contribution in [0.4, 0.5) is 5.69 Å². The normalized spacial score (nSPS) is 16.6. The number of thioether (sulfide) groups is 1. The van der Waals surface area contributed by atoms with Gasteiger partial charge in [-0.1, -0.05) is 30.0 Å². The van der Waals surface area contributed by atoms with E-state index in [4.69, 9.17) is 4.74 Å². The lowest BCUT2D eigenvalue weighted by Gasteiger charge is -2.25. The van der Waals surface area contributed by atoms with Gasteiger partial charge in [0, 0.05) is 23.2 Å². The highest BCUT2D eigenvalue weighted by molar-refractivity contribution is 8.00. The molecule has 0 bridgehead atoms. The Kier molecular flexibility index (Phi) is 4.85. The molecule has 0 unspecified atom stereocenters. The number of para-hydroxylation sites is 1. The van der Waals surface area contributed by atoms with Crippen LogP contribution in [0.3, 0.4) is 0 Å². The van der Waals surface area contributed by atoms with Crippen molar-refractivity contribution in [3.8, 4) is 5.75 Å². The molecule has 0 spiro atoms. The fourth-order valence-electron chi connectivity index (χ4n) is 4.41. The number of pyridine rings is 1. The van der Waals surface area contributed by atoms with Crippen LogP contribution in [0.2, 0.25) is 0 Å². The summed E-state index contributed by atoms with van der Waals surface area (Å²) < 4.78 is 7.45. The number of benzene rings is 2. The first-order valence-corrected chi connectivity index (χ1v) is 11.3. The van der Waals surface area contributed by atoms with Crippen molar-refractivity contribution in [1.29, 1.82) is 0 Å². The van der Waals surface area contributed by atoms with Crippen LogP contribution in [0.5, 0.6) is 5.75 Å². The summed E-state index contributed by atoms with van der Waals surface area (Å²) in [5.41, 5.74) is 5.11. The van der Waals surface area contributed by atoms with Crippen molar-refractivity contribution >= 4 is 39.9 Å². The van der Waals surface area contributed by atoms with Crippen molar-refractivity contribution in [2.24, 2.45) is 0 Å². The van der Waals surface area contributed by atoms with Crippen LogP contribution in [0.15, 0.2) is 53.7 Å². The standard InChI is InChI=1S/C24H24N4O2S/c1-14-11-22-25-26-24(28(22)21-13-18(30-4)9-10-19(14)21)31-16(3)23(29)27-15(2)12-17-7-5-6-8-20(17)27/h5-11,13,15-16H,12H2,1-4H3/t15-,16-/m1/s1. The summed E-state index contributed by atoms with van der Waals surface area (Å²) in [6, 6.07) is 16.3. The third-order valence-electron chi connectivity index (χ3n) is 5.95. The Bertz CT molecular complexity index is 1320. The van der Waals surface area contributed by atoms with Crippen LogP contribution >= 0.6 is 11.8 Å². The molecule has 0 fully saturated rings. The second-order valence-electron chi connectivity index (χ2n) is 8.04. The molecule has 6 nitrogen and oxygen atoms in total. The molecule has 31 heavy (non-hydrogen) atoms. The molecular formula is C24H24N4O2S. The highest BCUT2D eigenvalue weighted by Crippen LogP contribution is 2.35. The molecule has 2 atom stereocenters. The average Bonchev–Trinajstić information content (AvgIpc) is 3.32. The van der Waals surface area contributed by atoms with Crippen molar-refractivity contribution < 1.29 is 9.53 Å². The monoisotopic (exact) mass is 432 g/mol. The van der Waals surface area contributed by atoms with Crippen molar-refractivity contribution in [2.75, 3.05) is 12.0 Å². The highest BCUT2D eigenvalue weighted by atomic mass is 32.2. The quantitative estimate of drug-likeness (QED) is 0.439. The molecule has 1 amide bonds. The number of ether oxygens (including phenoxy) is 1. The molecule has 2 aromatic heterocycles. The maximum Gasteiger partial charge on any atom is 0.240 e. The van der Waals surface area contributed by atoms with Gasteiger partial charge in [-0.15, -0.1) is 10.2 Å². The van der Waals surface area contributed by atoms with Crippen LogP contribution in [-0.2, 0) is 11.2 Å². The number of hydrogen-bond donors (Lipinski definition) is 0. The third kappa shape index (κ3) is 3.24. The molecule has 158 valence electrons. The molecule has 1 aliphatic rings. The minimum Gasteiger partial charge on any atom is -0.497 e. The van der Waals surface area contributed by atoms with E-state index in [9.17, 15) is 4.79 Å². The number of amides is 1. The molecule has 0 saturated heterocycles. The summed E-state index contributed by atoms with van der Waals surface area (Å²) >= 11 is 1.44. The Hall–Kier alpha value is -3.06. The molecule has 0 aliphatic carbocycles. The number of carbonyl (C=O) groups is 1. The van der Waals surface area contributed by atoms with Crippen molar-refractivity contribution in [2.45, 2.75) is 43.6 Å². The zero-order chi connectivity index (χ0) is 21.7. The fraction of sp³-hybridized carbons (Fsp3) is 0.292. The highest BCUT2D eigenvalue weighted by Gasteiger charge is 2.34. The smallest absolute Gasteiger partial charge is 0.240 e. The van der Waals surface area contributed by atoms with Crippen LogP contribution in [0.25, 0.3) is 16.6 Å². The Labute approximate surface area is 185 Å². The van der Waals surface area contributed by atoms with Gasteiger partial charge >= 0.3 is 0 Å². The van der Waals surface area contributed by atoms with Crippen LogP contribution in [-0.4, -0.2) is 38.9 Å². The summed E-state index contributed by atoms with van der Waals surface area (Å²) in [6.07, 6.45) is 0.886. The van der Waals surface area contributed by atoms with Crippen LogP contribution in [0.1, 0.15) is 25.0 Å². The van der Waals surface area contributed by atoms with E-state index >= 15 is 0 Å².